The van der Waals surface area contributed by atoms with E-state index in [0.29, 0.717) is 12.6 Å². The maximum absolute atomic E-state index is 12.1. The predicted molar refractivity (Wildman–Crippen MR) is 99.4 cm³/mol. The van der Waals surface area contributed by atoms with E-state index in [1.54, 1.807) is 7.11 Å². The summed E-state index contributed by atoms with van der Waals surface area (Å²) in [6, 6.07) is 10.4. The molecule has 3 rings (SSSR count). The number of hydrogen-bond donors (Lipinski definition) is 2. The van der Waals surface area contributed by atoms with Gasteiger partial charge in [-0.05, 0) is 62.6 Å². The highest BCUT2D eigenvalue weighted by atomic mass is 16.5. The molecule has 1 fully saturated rings. The minimum absolute atomic E-state index is 0.0684. The minimum Gasteiger partial charge on any atom is -0.497 e. The zero-order valence-electron chi connectivity index (χ0n) is 15.3. The first-order valence-electron chi connectivity index (χ1n) is 8.95. The van der Waals surface area contributed by atoms with Crippen LogP contribution in [0.2, 0.25) is 0 Å². The molecule has 1 aromatic carbocycles. The van der Waals surface area contributed by atoms with Crippen LogP contribution in [0.4, 0.5) is 4.79 Å². The van der Waals surface area contributed by atoms with Crippen LogP contribution in [0.25, 0.3) is 5.69 Å². The molecule has 1 aliphatic carbocycles. The quantitative estimate of drug-likeness (QED) is 0.868. The Hall–Kier alpha value is -2.43. The number of nitrogens with one attached hydrogen (secondary N) is 2. The third-order valence-corrected chi connectivity index (χ3v) is 5.00. The number of benzene rings is 1. The van der Waals surface area contributed by atoms with Crippen LogP contribution in [-0.4, -0.2) is 23.7 Å². The number of nitrogens with zero attached hydrogens (tertiary/aromatic N) is 1. The van der Waals surface area contributed by atoms with E-state index in [9.17, 15) is 4.79 Å². The van der Waals surface area contributed by atoms with Crippen molar-refractivity contribution in [3.63, 3.8) is 0 Å². The molecule has 2 N–H and O–H groups in total. The van der Waals surface area contributed by atoms with Gasteiger partial charge in [-0.25, -0.2) is 4.79 Å². The zero-order valence-corrected chi connectivity index (χ0v) is 15.3. The predicted octanol–water partition coefficient (Wildman–Crippen LogP) is 3.84. The van der Waals surface area contributed by atoms with Crippen LogP contribution in [-0.2, 0) is 6.54 Å². The van der Waals surface area contributed by atoms with E-state index in [0.717, 1.165) is 41.2 Å². The van der Waals surface area contributed by atoms with Gasteiger partial charge in [0.15, 0.2) is 0 Å². The van der Waals surface area contributed by atoms with Crippen molar-refractivity contribution >= 4 is 6.03 Å². The second-order valence-electron chi connectivity index (χ2n) is 6.74. The summed E-state index contributed by atoms with van der Waals surface area (Å²) in [5.74, 6) is 0.844. The SMILES string of the molecule is COc1ccc(-n2c(C)cc(CNC(=O)NC3CCCC3)c2C)cc1. The maximum atomic E-state index is 12.1. The lowest BCUT2D eigenvalue weighted by Crippen LogP contribution is -2.40. The summed E-state index contributed by atoms with van der Waals surface area (Å²) in [4.78, 5) is 12.1. The van der Waals surface area contributed by atoms with Crippen LogP contribution in [0.1, 0.15) is 42.6 Å². The number of rotatable bonds is 5. The molecule has 5 heteroatoms. The fourth-order valence-corrected chi connectivity index (χ4v) is 3.62. The molecule has 0 aliphatic heterocycles. The van der Waals surface area contributed by atoms with Gasteiger partial charge < -0.3 is 19.9 Å². The molecule has 2 amide bonds. The first kappa shape index (κ1) is 17.4. The zero-order chi connectivity index (χ0) is 17.8. The van der Waals surface area contributed by atoms with Gasteiger partial charge in [-0.15, -0.1) is 0 Å². The molecule has 1 aliphatic rings. The summed E-state index contributed by atoms with van der Waals surface area (Å²) in [6.45, 7) is 4.71. The van der Waals surface area contributed by atoms with E-state index in [4.69, 9.17) is 4.74 Å². The van der Waals surface area contributed by atoms with E-state index in [2.05, 4.69) is 35.1 Å². The second-order valence-corrected chi connectivity index (χ2v) is 6.74. The number of aromatic nitrogens is 1. The molecule has 2 aromatic rings. The minimum atomic E-state index is -0.0684. The Bertz CT molecular complexity index is 728. The lowest BCUT2D eigenvalue weighted by molar-refractivity contribution is 0.236. The number of carbonyl (C=O) groups excluding carboxylic acids is 1. The summed E-state index contributed by atoms with van der Waals surface area (Å²) in [5, 5.41) is 6.06. The van der Waals surface area contributed by atoms with E-state index < -0.39 is 0 Å². The molecular weight excluding hydrogens is 314 g/mol. The number of urea groups is 1. The number of ether oxygens (including phenoxy) is 1. The van der Waals surface area contributed by atoms with Crippen molar-refractivity contribution < 1.29 is 9.53 Å². The molecule has 5 nitrogen and oxygen atoms in total. The van der Waals surface area contributed by atoms with Gasteiger partial charge in [-0.2, -0.15) is 0 Å². The molecule has 0 atom stereocenters. The first-order valence-corrected chi connectivity index (χ1v) is 8.95. The van der Waals surface area contributed by atoms with Crippen molar-refractivity contribution in [3.8, 4) is 11.4 Å². The summed E-state index contributed by atoms with van der Waals surface area (Å²) < 4.78 is 7.43. The number of amides is 2. The van der Waals surface area contributed by atoms with Gasteiger partial charge in [0.1, 0.15) is 5.75 Å². The fourth-order valence-electron chi connectivity index (χ4n) is 3.62. The Morgan fingerprint density at radius 1 is 1.20 bits per heavy atom. The number of aryl methyl sites for hydroxylation is 1. The smallest absolute Gasteiger partial charge is 0.315 e. The molecule has 134 valence electrons. The van der Waals surface area contributed by atoms with E-state index in [1.807, 2.05) is 24.3 Å². The van der Waals surface area contributed by atoms with Crippen LogP contribution >= 0.6 is 0 Å². The van der Waals surface area contributed by atoms with Gasteiger partial charge in [-0.1, -0.05) is 12.8 Å². The van der Waals surface area contributed by atoms with Gasteiger partial charge in [0, 0.05) is 29.7 Å². The Labute approximate surface area is 149 Å². The van der Waals surface area contributed by atoms with Crippen molar-refractivity contribution in [1.82, 2.24) is 15.2 Å². The average Bonchev–Trinajstić information content (AvgIpc) is 3.21. The number of hydrogen-bond acceptors (Lipinski definition) is 2. The summed E-state index contributed by atoms with van der Waals surface area (Å²) in [7, 11) is 1.67. The summed E-state index contributed by atoms with van der Waals surface area (Å²) in [6.07, 6.45) is 4.63. The lowest BCUT2D eigenvalue weighted by Gasteiger charge is -2.13. The number of carbonyl (C=O) groups is 1. The van der Waals surface area contributed by atoms with Gasteiger partial charge in [0.25, 0.3) is 0 Å². The average molecular weight is 341 g/mol. The fraction of sp³-hybridized carbons (Fsp3) is 0.450. The third kappa shape index (κ3) is 3.98. The molecule has 1 saturated carbocycles. The van der Waals surface area contributed by atoms with Crippen LogP contribution in [0.15, 0.2) is 30.3 Å². The van der Waals surface area contributed by atoms with E-state index in [-0.39, 0.29) is 6.03 Å². The van der Waals surface area contributed by atoms with Crippen LogP contribution in [0, 0.1) is 13.8 Å². The van der Waals surface area contributed by atoms with Crippen molar-refractivity contribution in [2.45, 2.75) is 52.1 Å². The summed E-state index contributed by atoms with van der Waals surface area (Å²) in [5.41, 5.74) is 4.52. The molecule has 1 heterocycles. The highest BCUT2D eigenvalue weighted by molar-refractivity contribution is 5.74. The van der Waals surface area contributed by atoms with Crippen molar-refractivity contribution in [2.75, 3.05) is 7.11 Å². The van der Waals surface area contributed by atoms with Gasteiger partial charge >= 0.3 is 6.03 Å². The van der Waals surface area contributed by atoms with Crippen LogP contribution in [0.5, 0.6) is 5.75 Å². The van der Waals surface area contributed by atoms with Crippen LogP contribution in [0.3, 0.4) is 0 Å². The maximum Gasteiger partial charge on any atom is 0.315 e. The monoisotopic (exact) mass is 341 g/mol. The molecule has 0 unspecified atom stereocenters. The molecule has 0 saturated heterocycles. The molecule has 0 bridgehead atoms. The molecule has 1 aromatic heterocycles. The van der Waals surface area contributed by atoms with E-state index >= 15 is 0 Å². The van der Waals surface area contributed by atoms with Crippen LogP contribution < -0.4 is 15.4 Å². The van der Waals surface area contributed by atoms with Crippen molar-refractivity contribution in [2.24, 2.45) is 0 Å². The Balaban J connectivity index is 1.67. The number of methoxy groups -OCH3 is 1. The summed E-state index contributed by atoms with van der Waals surface area (Å²) >= 11 is 0. The molecule has 25 heavy (non-hydrogen) atoms. The van der Waals surface area contributed by atoms with Crippen molar-refractivity contribution in [1.29, 1.82) is 0 Å². The molecular formula is C20H27N3O2. The van der Waals surface area contributed by atoms with Crippen molar-refractivity contribution in [3.05, 3.63) is 47.3 Å². The van der Waals surface area contributed by atoms with Gasteiger partial charge in [-0.3, -0.25) is 0 Å². The normalized spacial score (nSPS) is 14.5. The second kappa shape index (κ2) is 7.64. The topological polar surface area (TPSA) is 55.3 Å². The Kier molecular flexibility index (Phi) is 5.31. The first-order chi connectivity index (χ1) is 12.1. The Morgan fingerprint density at radius 3 is 2.52 bits per heavy atom. The highest BCUT2D eigenvalue weighted by Gasteiger charge is 2.17. The molecule has 0 radical (unpaired) electrons. The largest absolute Gasteiger partial charge is 0.497 e. The Morgan fingerprint density at radius 2 is 1.88 bits per heavy atom. The highest BCUT2D eigenvalue weighted by Crippen LogP contribution is 2.23. The van der Waals surface area contributed by atoms with Gasteiger partial charge in [0.05, 0.1) is 7.11 Å². The van der Waals surface area contributed by atoms with E-state index in [1.165, 1.54) is 12.8 Å². The molecule has 0 spiro atoms. The lowest BCUT2D eigenvalue weighted by atomic mass is 10.2. The third-order valence-electron chi connectivity index (χ3n) is 5.00. The standard InChI is InChI=1S/C20H27N3O2/c1-14-12-16(13-21-20(24)22-17-6-4-5-7-17)15(2)23(14)18-8-10-19(25-3)11-9-18/h8-12,17H,4-7,13H2,1-3H3,(H2,21,22,24). The van der Waals surface area contributed by atoms with Gasteiger partial charge in [0.2, 0.25) is 0 Å².